The molecule has 5 heteroatoms. The number of hydrogen-bond donors (Lipinski definition) is 1. The van der Waals surface area contributed by atoms with Crippen LogP contribution in [0.4, 0.5) is 0 Å². The third-order valence-corrected chi connectivity index (χ3v) is 11.3. The Morgan fingerprint density at radius 1 is 1.36 bits per heavy atom. The largest absolute Gasteiger partial charge is 0.414 e. The number of nitrogens with one attached hydrogen (secondary N) is 1. The lowest BCUT2D eigenvalue weighted by Gasteiger charge is -2.48. The van der Waals surface area contributed by atoms with Gasteiger partial charge in [0.05, 0.1) is 5.69 Å². The van der Waals surface area contributed by atoms with Crippen LogP contribution in [0.15, 0.2) is 18.3 Å². The first-order chi connectivity index (χ1) is 11.5. The van der Waals surface area contributed by atoms with Gasteiger partial charge in [-0.1, -0.05) is 46.0 Å². The molecule has 0 bridgehead atoms. The first kappa shape index (κ1) is 20.7. The van der Waals surface area contributed by atoms with E-state index in [1.165, 1.54) is 0 Å². The average molecular weight is 379 g/mol. The Morgan fingerprint density at radius 2 is 2.00 bits per heavy atom. The van der Waals surface area contributed by atoms with Gasteiger partial charge in [0.15, 0.2) is 8.32 Å². The maximum atomic E-state index is 6.64. The first-order valence-corrected chi connectivity index (χ1v) is 12.6. The average Bonchev–Trinajstić information content (AvgIpc) is 2.43. The second-order valence-electron chi connectivity index (χ2n) is 9.00. The van der Waals surface area contributed by atoms with E-state index in [9.17, 15) is 0 Å². The van der Waals surface area contributed by atoms with E-state index in [1.807, 2.05) is 12.3 Å². The van der Waals surface area contributed by atoms with Crippen molar-refractivity contribution in [3.05, 3.63) is 29.6 Å². The molecule has 1 aromatic heterocycles. The molecule has 4 atom stereocenters. The molecule has 140 valence electrons. The van der Waals surface area contributed by atoms with E-state index >= 15 is 0 Å². The Morgan fingerprint density at radius 3 is 2.48 bits per heavy atom. The summed E-state index contributed by atoms with van der Waals surface area (Å²) in [5.74, 6) is 0.777. The van der Waals surface area contributed by atoms with Crippen molar-refractivity contribution in [2.24, 2.45) is 11.8 Å². The quantitative estimate of drug-likeness (QED) is 0.440. The lowest BCUT2D eigenvalue weighted by Crippen LogP contribution is -2.63. The predicted octanol–water partition coefficient (Wildman–Crippen LogP) is 4.74. The summed E-state index contributed by atoms with van der Waals surface area (Å²) in [5, 5.41) is 3.83. The highest BCUT2D eigenvalue weighted by Crippen LogP contribution is 2.39. The molecule has 0 radical (unpaired) electrons. The van der Waals surface area contributed by atoms with Crippen LogP contribution in [0.1, 0.15) is 45.9 Å². The van der Waals surface area contributed by atoms with E-state index < -0.39 is 8.32 Å². The first-order valence-electron chi connectivity index (χ1n) is 9.32. The van der Waals surface area contributed by atoms with Gasteiger partial charge in [-0.3, -0.25) is 4.98 Å². The number of rotatable bonds is 6. The molecule has 1 aliphatic rings. The number of aryl methyl sites for hydroxylation is 1. The molecule has 0 saturated carbocycles. The molecule has 3 nitrogen and oxygen atoms in total. The molecule has 1 N–H and O–H groups in total. The number of aromatic nitrogens is 1. The highest BCUT2D eigenvalue weighted by Gasteiger charge is 2.45. The number of nitrogens with zero attached hydrogens (tertiary/aromatic N) is 1. The molecule has 0 amide bonds. The van der Waals surface area contributed by atoms with Gasteiger partial charge in [-0.15, -0.1) is 0 Å². The third-order valence-electron chi connectivity index (χ3n) is 6.14. The van der Waals surface area contributed by atoms with Crippen LogP contribution in [-0.2, 0) is 4.43 Å². The zero-order chi connectivity index (χ0) is 19.0. The Labute approximate surface area is 160 Å². The minimum Gasteiger partial charge on any atom is -0.414 e. The molecule has 1 aliphatic heterocycles. The fourth-order valence-corrected chi connectivity index (χ4v) is 5.06. The molecule has 0 aromatic carbocycles. The van der Waals surface area contributed by atoms with Gasteiger partial charge in [0.1, 0.15) is 0 Å². The molecule has 2 unspecified atom stereocenters. The molecule has 1 aromatic rings. The monoisotopic (exact) mass is 378 g/mol. The number of pyridine rings is 1. The second-order valence-corrected chi connectivity index (χ2v) is 14.2. The van der Waals surface area contributed by atoms with Crippen molar-refractivity contribution in [3.8, 4) is 0 Å². The smallest absolute Gasteiger partial charge is 0.192 e. The van der Waals surface area contributed by atoms with Crippen molar-refractivity contribution in [2.45, 2.75) is 71.8 Å². The zero-order valence-corrected chi connectivity index (χ0v) is 18.8. The van der Waals surface area contributed by atoms with E-state index in [1.54, 1.807) is 0 Å². The van der Waals surface area contributed by atoms with E-state index in [2.05, 4.69) is 71.0 Å². The Balaban J connectivity index is 2.06. The molecule has 0 spiro atoms. The highest BCUT2D eigenvalue weighted by atomic mass is 32.1. The molecular weight excluding hydrogens is 344 g/mol. The van der Waals surface area contributed by atoms with Crippen molar-refractivity contribution in [3.63, 3.8) is 0 Å². The summed E-state index contributed by atoms with van der Waals surface area (Å²) >= 11 is 5.78. The van der Waals surface area contributed by atoms with Gasteiger partial charge in [0.2, 0.25) is 0 Å². The summed E-state index contributed by atoms with van der Waals surface area (Å²) in [6.07, 6.45) is 2.08. The Hall–Kier alpha value is -0.623. The molecule has 25 heavy (non-hydrogen) atoms. The standard InChI is InChI=1S/C20H34N2OSSi/c1-13-10-9-11-21-17(13)19(24)14(2)18-16(12-22-18)15(3)23-25(7,8)20(4,5)6/h9-11,14-16,18,22H,12H2,1-8H3/t14-,15-,16?,18?/m1/s1. The van der Waals surface area contributed by atoms with Crippen LogP contribution in [0, 0.1) is 18.8 Å². The van der Waals surface area contributed by atoms with E-state index in [0.29, 0.717) is 12.0 Å². The SMILES string of the molecule is Cc1cccnc1C(=S)[C@H](C)C1NCC1[C@@H](C)O[Si](C)(C)C(C)(C)C. The summed E-state index contributed by atoms with van der Waals surface area (Å²) < 4.78 is 6.64. The van der Waals surface area contributed by atoms with Crippen LogP contribution >= 0.6 is 12.2 Å². The van der Waals surface area contributed by atoms with E-state index in [-0.39, 0.29) is 17.1 Å². The van der Waals surface area contributed by atoms with Gasteiger partial charge in [-0.05, 0) is 43.6 Å². The minimum atomic E-state index is -1.75. The summed E-state index contributed by atoms with van der Waals surface area (Å²) in [6, 6.07) is 4.41. The fraction of sp³-hybridized carbons (Fsp3) is 0.700. The van der Waals surface area contributed by atoms with Gasteiger partial charge in [-0.25, -0.2) is 0 Å². The minimum absolute atomic E-state index is 0.236. The lowest BCUT2D eigenvalue weighted by molar-refractivity contribution is 0.0522. The van der Waals surface area contributed by atoms with E-state index in [4.69, 9.17) is 16.6 Å². The van der Waals surface area contributed by atoms with Crippen LogP contribution in [0.25, 0.3) is 0 Å². The van der Waals surface area contributed by atoms with Crippen molar-refractivity contribution >= 4 is 25.4 Å². The van der Waals surface area contributed by atoms with E-state index in [0.717, 1.165) is 22.7 Å². The zero-order valence-electron chi connectivity index (χ0n) is 17.0. The normalized spacial score (nSPS) is 23.7. The molecule has 2 heterocycles. The predicted molar refractivity (Wildman–Crippen MR) is 113 cm³/mol. The molecule has 1 saturated heterocycles. The van der Waals surface area contributed by atoms with Gasteiger partial charge < -0.3 is 9.74 Å². The van der Waals surface area contributed by atoms with Crippen molar-refractivity contribution in [2.75, 3.05) is 6.54 Å². The van der Waals surface area contributed by atoms with Crippen LogP contribution in [0.2, 0.25) is 18.1 Å². The van der Waals surface area contributed by atoms with Crippen LogP contribution < -0.4 is 5.32 Å². The maximum Gasteiger partial charge on any atom is 0.192 e. The Kier molecular flexibility index (Phi) is 6.25. The van der Waals surface area contributed by atoms with Crippen molar-refractivity contribution in [1.82, 2.24) is 10.3 Å². The summed E-state index contributed by atoms with van der Waals surface area (Å²) in [7, 11) is -1.75. The maximum absolute atomic E-state index is 6.64. The second kappa shape index (κ2) is 7.55. The van der Waals surface area contributed by atoms with Gasteiger partial charge in [0, 0.05) is 41.6 Å². The molecule has 1 fully saturated rings. The van der Waals surface area contributed by atoms with Crippen LogP contribution in [-0.4, -0.2) is 36.9 Å². The van der Waals surface area contributed by atoms with Gasteiger partial charge in [-0.2, -0.15) is 0 Å². The lowest BCUT2D eigenvalue weighted by atomic mass is 9.77. The number of thiocarbonyl (C=S) groups is 1. The van der Waals surface area contributed by atoms with Crippen molar-refractivity contribution < 1.29 is 4.43 Å². The topological polar surface area (TPSA) is 34.2 Å². The molecule has 2 rings (SSSR count). The molecule has 0 aliphatic carbocycles. The highest BCUT2D eigenvalue weighted by molar-refractivity contribution is 7.80. The fourth-order valence-electron chi connectivity index (χ4n) is 3.25. The van der Waals surface area contributed by atoms with Crippen molar-refractivity contribution in [1.29, 1.82) is 0 Å². The van der Waals surface area contributed by atoms with Gasteiger partial charge >= 0.3 is 0 Å². The summed E-state index contributed by atoms with van der Waals surface area (Å²) in [5.41, 5.74) is 2.12. The number of hydrogen-bond acceptors (Lipinski definition) is 4. The summed E-state index contributed by atoms with van der Waals surface area (Å²) in [4.78, 5) is 5.47. The van der Waals surface area contributed by atoms with Crippen LogP contribution in [0.5, 0.6) is 0 Å². The Bertz CT molecular complexity index is 626. The molecular formula is C20H34N2OSSi. The third kappa shape index (κ3) is 4.38. The summed E-state index contributed by atoms with van der Waals surface area (Å²) in [6.45, 7) is 19.1. The van der Waals surface area contributed by atoms with Gasteiger partial charge in [0.25, 0.3) is 0 Å². The van der Waals surface area contributed by atoms with Crippen LogP contribution in [0.3, 0.4) is 0 Å².